The number of anilines is 3. The van der Waals surface area contributed by atoms with Crippen molar-refractivity contribution < 1.29 is 8.81 Å². The van der Waals surface area contributed by atoms with E-state index in [1.165, 1.54) is 16.8 Å². The second-order valence-electron chi connectivity index (χ2n) is 9.09. The minimum atomic E-state index is -0.434. The predicted octanol–water partition coefficient (Wildman–Crippen LogP) is 1.93. The van der Waals surface area contributed by atoms with Crippen LogP contribution >= 0.6 is 0 Å². The molecule has 0 bridgehead atoms. The number of nitrogens with two attached hydrogens (primary N) is 1. The van der Waals surface area contributed by atoms with E-state index in [1.807, 2.05) is 6.07 Å². The van der Waals surface area contributed by atoms with Gasteiger partial charge in [-0.15, -0.1) is 5.10 Å². The number of nitrogen functional groups attached to an aromatic ring is 1. The van der Waals surface area contributed by atoms with Crippen LogP contribution in [0.4, 0.5) is 22.0 Å². The highest BCUT2D eigenvalue weighted by Crippen LogP contribution is 2.24. The maximum absolute atomic E-state index is 13.5. The minimum absolute atomic E-state index is 0.251. The normalized spacial score (nSPS) is 19.5. The maximum atomic E-state index is 13.5. The van der Waals surface area contributed by atoms with E-state index in [1.54, 1.807) is 18.4 Å². The van der Waals surface area contributed by atoms with Gasteiger partial charge in [-0.2, -0.15) is 23.9 Å². The van der Waals surface area contributed by atoms with Crippen molar-refractivity contribution >= 4 is 23.4 Å². The Labute approximate surface area is 201 Å². The number of aromatic nitrogens is 6. The molecule has 0 spiro atoms. The fourth-order valence-electron chi connectivity index (χ4n) is 4.98. The lowest BCUT2D eigenvalue weighted by molar-refractivity contribution is 0.205. The van der Waals surface area contributed by atoms with E-state index in [-0.39, 0.29) is 5.95 Å². The fourth-order valence-corrected chi connectivity index (χ4v) is 4.98. The number of furan rings is 1. The van der Waals surface area contributed by atoms with Gasteiger partial charge in [0.2, 0.25) is 23.7 Å². The van der Waals surface area contributed by atoms with E-state index in [4.69, 9.17) is 10.2 Å². The predicted molar refractivity (Wildman–Crippen MR) is 128 cm³/mol. The number of nitrogens with zero attached hydrogens (tertiary/aromatic N) is 9. The van der Waals surface area contributed by atoms with E-state index >= 15 is 0 Å². The van der Waals surface area contributed by atoms with E-state index < -0.39 is 5.95 Å². The standard InChI is InChI=1S/C23H27FN10O/c24-19-13-17(5-6-26-19)32-10-8-31(9-11-32)14-16-3-1-7-33(15-16)22-28-21(25)34-23(29-22)27-20(30-34)18-4-2-12-35-18/h2,4-6,12-13,16H,1,3,7-11,14-15H2,(H2,25,27,28,29,30). The topological polar surface area (TPSA) is 118 Å². The number of pyridine rings is 1. The van der Waals surface area contributed by atoms with Crippen LogP contribution < -0.4 is 15.5 Å². The summed E-state index contributed by atoms with van der Waals surface area (Å²) in [5.74, 6) is 2.30. The lowest BCUT2D eigenvalue weighted by atomic mass is 9.97. The largest absolute Gasteiger partial charge is 0.461 e. The summed E-state index contributed by atoms with van der Waals surface area (Å²) in [7, 11) is 0. The monoisotopic (exact) mass is 478 g/mol. The molecule has 4 aromatic rings. The van der Waals surface area contributed by atoms with Gasteiger partial charge in [-0.25, -0.2) is 4.98 Å². The molecule has 2 saturated heterocycles. The summed E-state index contributed by atoms with van der Waals surface area (Å²) in [6.07, 6.45) is 5.34. The molecule has 0 aromatic carbocycles. The van der Waals surface area contributed by atoms with Crippen LogP contribution in [0, 0.1) is 11.9 Å². The second-order valence-corrected chi connectivity index (χ2v) is 9.09. The van der Waals surface area contributed by atoms with Crippen molar-refractivity contribution in [1.82, 2.24) is 34.4 Å². The summed E-state index contributed by atoms with van der Waals surface area (Å²) >= 11 is 0. The maximum Gasteiger partial charge on any atom is 0.259 e. The van der Waals surface area contributed by atoms with Crippen LogP contribution in [-0.2, 0) is 0 Å². The summed E-state index contributed by atoms with van der Waals surface area (Å²) in [5, 5.41) is 4.37. The quantitative estimate of drug-likeness (QED) is 0.426. The number of fused-ring (bicyclic) bond motifs is 1. The third-order valence-electron chi connectivity index (χ3n) is 6.73. The van der Waals surface area contributed by atoms with Crippen molar-refractivity contribution in [2.24, 2.45) is 5.92 Å². The number of halogens is 1. The zero-order chi connectivity index (χ0) is 23.8. The van der Waals surface area contributed by atoms with Gasteiger partial charge in [0.05, 0.1) is 6.26 Å². The van der Waals surface area contributed by atoms with Crippen LogP contribution in [0.3, 0.4) is 0 Å². The van der Waals surface area contributed by atoms with Crippen LogP contribution in [-0.4, -0.2) is 80.3 Å². The molecule has 0 radical (unpaired) electrons. The Morgan fingerprint density at radius 3 is 2.74 bits per heavy atom. The Morgan fingerprint density at radius 2 is 1.94 bits per heavy atom. The average molecular weight is 479 g/mol. The molecule has 2 fully saturated rings. The molecule has 182 valence electrons. The Hall–Kier alpha value is -3.80. The third-order valence-corrected chi connectivity index (χ3v) is 6.73. The second kappa shape index (κ2) is 9.10. The molecule has 6 heterocycles. The van der Waals surface area contributed by atoms with Gasteiger partial charge in [0.1, 0.15) is 0 Å². The molecule has 11 nitrogen and oxygen atoms in total. The van der Waals surface area contributed by atoms with Crippen molar-refractivity contribution in [2.75, 3.05) is 61.3 Å². The first-order chi connectivity index (χ1) is 17.1. The van der Waals surface area contributed by atoms with Crippen molar-refractivity contribution in [3.63, 3.8) is 0 Å². The first kappa shape index (κ1) is 21.7. The molecule has 1 atom stereocenters. The molecule has 2 aliphatic rings. The molecule has 1 unspecified atom stereocenters. The highest BCUT2D eigenvalue weighted by Gasteiger charge is 2.27. The van der Waals surface area contributed by atoms with Crippen LogP contribution in [0.2, 0.25) is 0 Å². The summed E-state index contributed by atoms with van der Waals surface area (Å²) in [4.78, 5) is 24.2. The summed E-state index contributed by atoms with van der Waals surface area (Å²) in [6.45, 7) is 6.41. The summed E-state index contributed by atoms with van der Waals surface area (Å²) in [6, 6.07) is 6.95. The Kier molecular flexibility index (Phi) is 5.64. The van der Waals surface area contributed by atoms with Gasteiger partial charge in [-0.1, -0.05) is 0 Å². The van der Waals surface area contributed by atoms with Gasteiger partial charge in [-0.05, 0) is 37.0 Å². The Morgan fingerprint density at radius 1 is 1.06 bits per heavy atom. The number of piperidine rings is 1. The van der Waals surface area contributed by atoms with Crippen LogP contribution in [0.15, 0.2) is 41.1 Å². The van der Waals surface area contributed by atoms with Gasteiger partial charge in [0.25, 0.3) is 5.78 Å². The molecule has 35 heavy (non-hydrogen) atoms. The molecule has 12 heteroatoms. The van der Waals surface area contributed by atoms with Crippen LogP contribution in [0.25, 0.3) is 17.4 Å². The van der Waals surface area contributed by atoms with Gasteiger partial charge in [0, 0.05) is 63.8 Å². The molecule has 2 aliphatic heterocycles. The lowest BCUT2D eigenvalue weighted by Gasteiger charge is -2.40. The first-order valence-corrected chi connectivity index (χ1v) is 11.9. The van der Waals surface area contributed by atoms with Gasteiger partial charge >= 0.3 is 0 Å². The highest BCUT2D eigenvalue weighted by atomic mass is 19.1. The van der Waals surface area contributed by atoms with E-state index in [9.17, 15) is 4.39 Å². The van der Waals surface area contributed by atoms with Gasteiger partial charge < -0.3 is 20.0 Å². The Balaban J connectivity index is 1.10. The van der Waals surface area contributed by atoms with Crippen molar-refractivity contribution in [1.29, 1.82) is 0 Å². The number of hydrogen-bond acceptors (Lipinski definition) is 10. The lowest BCUT2D eigenvalue weighted by Crippen LogP contribution is -2.50. The summed E-state index contributed by atoms with van der Waals surface area (Å²) < 4.78 is 20.3. The van der Waals surface area contributed by atoms with Crippen LogP contribution in [0.1, 0.15) is 12.8 Å². The van der Waals surface area contributed by atoms with Crippen molar-refractivity contribution in [2.45, 2.75) is 12.8 Å². The average Bonchev–Trinajstić information content (AvgIpc) is 3.55. The summed E-state index contributed by atoms with van der Waals surface area (Å²) in [5.41, 5.74) is 7.09. The van der Waals surface area contributed by atoms with E-state index in [2.05, 4.69) is 39.7 Å². The molecule has 2 N–H and O–H groups in total. The molecule has 0 amide bonds. The van der Waals surface area contributed by atoms with Crippen molar-refractivity contribution in [3.05, 3.63) is 42.7 Å². The van der Waals surface area contributed by atoms with E-state index in [0.29, 0.717) is 29.2 Å². The molecular weight excluding hydrogens is 451 g/mol. The fraction of sp³-hybridized carbons (Fsp3) is 0.435. The van der Waals surface area contributed by atoms with Gasteiger partial charge in [0.15, 0.2) is 5.76 Å². The third kappa shape index (κ3) is 4.48. The van der Waals surface area contributed by atoms with E-state index in [0.717, 1.165) is 64.3 Å². The minimum Gasteiger partial charge on any atom is -0.461 e. The number of rotatable bonds is 5. The number of piperazine rings is 1. The molecule has 4 aromatic heterocycles. The first-order valence-electron chi connectivity index (χ1n) is 11.9. The number of hydrogen-bond donors (Lipinski definition) is 1. The zero-order valence-corrected chi connectivity index (χ0v) is 19.3. The highest BCUT2D eigenvalue weighted by molar-refractivity contribution is 5.53. The Bertz CT molecular complexity index is 1300. The zero-order valence-electron chi connectivity index (χ0n) is 19.3. The molecule has 0 aliphatic carbocycles. The van der Waals surface area contributed by atoms with Crippen LogP contribution in [0.5, 0.6) is 0 Å². The van der Waals surface area contributed by atoms with Gasteiger partial charge in [-0.3, -0.25) is 4.90 Å². The molecule has 0 saturated carbocycles. The molecular formula is C23H27FN10O. The smallest absolute Gasteiger partial charge is 0.259 e. The van der Waals surface area contributed by atoms with Crippen molar-refractivity contribution in [3.8, 4) is 11.6 Å². The molecule has 6 rings (SSSR count). The SMILES string of the molecule is Nc1nc(N2CCCC(CN3CCN(c4ccnc(F)c4)CC3)C2)nc2nc(-c3ccco3)nn12.